The molecule has 0 unspecified atom stereocenters. The number of aliphatic imine (C=N–C) groups is 1. The Hall–Kier alpha value is -2.78. The van der Waals surface area contributed by atoms with Crippen molar-refractivity contribution in [2.24, 2.45) is 10.1 Å². The molecule has 0 saturated carbocycles. The van der Waals surface area contributed by atoms with Gasteiger partial charge in [-0.2, -0.15) is 0 Å². The molecule has 5 heteroatoms. The van der Waals surface area contributed by atoms with E-state index >= 15 is 0 Å². The summed E-state index contributed by atoms with van der Waals surface area (Å²) >= 11 is 0. The van der Waals surface area contributed by atoms with Gasteiger partial charge < -0.3 is 4.74 Å². The van der Waals surface area contributed by atoms with E-state index in [0.717, 1.165) is 16.9 Å². The van der Waals surface area contributed by atoms with Crippen LogP contribution in [-0.2, 0) is 0 Å². The van der Waals surface area contributed by atoms with Crippen molar-refractivity contribution in [3.05, 3.63) is 70.1 Å². The second-order valence-electron chi connectivity index (χ2n) is 4.48. The molecule has 0 fully saturated rings. The van der Waals surface area contributed by atoms with E-state index in [1.807, 2.05) is 49.4 Å². The van der Waals surface area contributed by atoms with Crippen LogP contribution in [0, 0.1) is 0 Å². The average Bonchev–Trinajstić information content (AvgIpc) is 2.54. The Labute approximate surface area is 123 Å². The minimum atomic E-state index is -0.0891. The summed E-state index contributed by atoms with van der Waals surface area (Å²) < 4.78 is 5.12. The zero-order valence-corrected chi connectivity index (χ0v) is 12.0. The molecule has 5 nitrogen and oxygen atoms in total. The first kappa shape index (κ1) is 14.6. The van der Waals surface area contributed by atoms with E-state index in [1.54, 1.807) is 19.4 Å². The molecular weight excluding hydrogens is 264 g/mol. The predicted octanol–water partition coefficient (Wildman–Crippen LogP) is 4.82. The number of nitrogens with zero attached hydrogens (tertiary/aromatic N) is 4. The highest BCUT2D eigenvalue weighted by atomic mass is 16.5. The quantitative estimate of drug-likeness (QED) is 0.335. The first-order valence-electron chi connectivity index (χ1n) is 6.56. The smallest absolute Gasteiger partial charge is 0.118 e. The van der Waals surface area contributed by atoms with E-state index < -0.39 is 0 Å². The molecular formula is C16H16N4O. The van der Waals surface area contributed by atoms with Crippen molar-refractivity contribution < 1.29 is 4.74 Å². The normalized spacial score (nSPS) is 11.9. The molecule has 0 radical (unpaired) electrons. The Morgan fingerprint density at radius 1 is 1.14 bits per heavy atom. The number of benzene rings is 2. The van der Waals surface area contributed by atoms with Crippen LogP contribution in [0.2, 0.25) is 0 Å². The van der Waals surface area contributed by atoms with Gasteiger partial charge in [0.25, 0.3) is 0 Å². The lowest BCUT2D eigenvalue weighted by molar-refractivity contribution is 0.415. The van der Waals surface area contributed by atoms with Crippen LogP contribution in [0.4, 0.5) is 5.69 Å². The maximum absolute atomic E-state index is 8.59. The van der Waals surface area contributed by atoms with Gasteiger partial charge in [0.05, 0.1) is 13.2 Å². The van der Waals surface area contributed by atoms with Gasteiger partial charge >= 0.3 is 0 Å². The number of methoxy groups -OCH3 is 1. The summed E-state index contributed by atoms with van der Waals surface area (Å²) in [5.41, 5.74) is 11.1. The van der Waals surface area contributed by atoms with Crippen LogP contribution in [0.3, 0.4) is 0 Å². The number of ether oxygens (including phenoxy) is 1. The standard InChI is InChI=1S/C16H16N4O/c1-12(15-5-3-4-6-16(15)19-20-17)18-11-13-7-9-14(21-2)10-8-13/h3-12H,1-2H3/t12-/m0/s1. The van der Waals surface area contributed by atoms with Crippen LogP contribution >= 0.6 is 0 Å². The first-order valence-corrected chi connectivity index (χ1v) is 6.56. The van der Waals surface area contributed by atoms with Gasteiger partial charge in [0.1, 0.15) is 5.75 Å². The number of rotatable bonds is 5. The molecule has 0 heterocycles. The van der Waals surface area contributed by atoms with Crippen molar-refractivity contribution in [3.8, 4) is 5.75 Å². The fourth-order valence-electron chi connectivity index (χ4n) is 1.95. The lowest BCUT2D eigenvalue weighted by Gasteiger charge is -2.09. The van der Waals surface area contributed by atoms with E-state index in [9.17, 15) is 0 Å². The molecule has 2 aromatic carbocycles. The summed E-state index contributed by atoms with van der Waals surface area (Å²) in [5, 5.41) is 3.70. The SMILES string of the molecule is COc1ccc(C=N[C@@H](C)c2ccccc2N=[N+]=[N-])cc1. The summed E-state index contributed by atoms with van der Waals surface area (Å²) in [6, 6.07) is 15.0. The van der Waals surface area contributed by atoms with Crippen molar-refractivity contribution in [2.75, 3.05) is 7.11 Å². The second-order valence-corrected chi connectivity index (χ2v) is 4.48. The molecule has 1 atom stereocenters. The van der Waals surface area contributed by atoms with Gasteiger partial charge in [-0.05, 0) is 47.8 Å². The van der Waals surface area contributed by atoms with E-state index in [1.165, 1.54) is 0 Å². The van der Waals surface area contributed by atoms with E-state index in [-0.39, 0.29) is 6.04 Å². The third kappa shape index (κ3) is 3.84. The van der Waals surface area contributed by atoms with Crippen LogP contribution < -0.4 is 4.74 Å². The Kier molecular flexibility index (Phi) is 4.96. The lowest BCUT2D eigenvalue weighted by atomic mass is 10.1. The van der Waals surface area contributed by atoms with Gasteiger partial charge in [-0.25, -0.2) is 0 Å². The Morgan fingerprint density at radius 2 is 1.86 bits per heavy atom. The molecule has 0 aliphatic carbocycles. The van der Waals surface area contributed by atoms with Crippen molar-refractivity contribution >= 4 is 11.9 Å². The molecule has 0 aliphatic rings. The van der Waals surface area contributed by atoms with E-state index in [4.69, 9.17) is 10.3 Å². The van der Waals surface area contributed by atoms with Crippen LogP contribution in [0.25, 0.3) is 10.4 Å². The summed E-state index contributed by atoms with van der Waals surface area (Å²) in [6.07, 6.45) is 1.80. The maximum Gasteiger partial charge on any atom is 0.118 e. The Balaban J connectivity index is 2.18. The molecule has 106 valence electrons. The fourth-order valence-corrected chi connectivity index (χ4v) is 1.95. The molecule has 0 aromatic heterocycles. The minimum absolute atomic E-state index is 0.0891. The van der Waals surface area contributed by atoms with Gasteiger partial charge in [0, 0.05) is 16.8 Å². The van der Waals surface area contributed by atoms with Gasteiger partial charge in [-0.15, -0.1) is 0 Å². The lowest BCUT2D eigenvalue weighted by Crippen LogP contribution is -1.92. The predicted molar refractivity (Wildman–Crippen MR) is 84.3 cm³/mol. The van der Waals surface area contributed by atoms with E-state index in [2.05, 4.69) is 15.0 Å². The second kappa shape index (κ2) is 7.12. The summed E-state index contributed by atoms with van der Waals surface area (Å²) in [7, 11) is 1.64. The number of hydrogen-bond acceptors (Lipinski definition) is 3. The highest BCUT2D eigenvalue weighted by Crippen LogP contribution is 2.27. The summed E-state index contributed by atoms with van der Waals surface area (Å²) in [4.78, 5) is 7.36. The minimum Gasteiger partial charge on any atom is -0.497 e. The summed E-state index contributed by atoms with van der Waals surface area (Å²) in [5.74, 6) is 0.814. The first-order chi connectivity index (χ1) is 10.2. The van der Waals surface area contributed by atoms with Gasteiger partial charge in [0.2, 0.25) is 0 Å². The highest BCUT2D eigenvalue weighted by molar-refractivity contribution is 5.80. The zero-order valence-electron chi connectivity index (χ0n) is 12.0. The van der Waals surface area contributed by atoms with Crippen molar-refractivity contribution in [3.63, 3.8) is 0 Å². The number of hydrogen-bond donors (Lipinski definition) is 0. The molecule has 2 aromatic rings. The third-order valence-corrected chi connectivity index (χ3v) is 3.10. The van der Waals surface area contributed by atoms with Crippen LogP contribution in [0.1, 0.15) is 24.1 Å². The van der Waals surface area contributed by atoms with Crippen molar-refractivity contribution in [1.29, 1.82) is 0 Å². The van der Waals surface area contributed by atoms with Gasteiger partial charge in [0.15, 0.2) is 0 Å². The van der Waals surface area contributed by atoms with Crippen LogP contribution in [-0.4, -0.2) is 13.3 Å². The highest BCUT2D eigenvalue weighted by Gasteiger charge is 2.06. The molecule has 2 rings (SSSR count). The topological polar surface area (TPSA) is 70.4 Å². The van der Waals surface area contributed by atoms with Crippen molar-refractivity contribution in [1.82, 2.24) is 0 Å². The Bertz CT molecular complexity index is 673. The summed E-state index contributed by atoms with van der Waals surface area (Å²) in [6.45, 7) is 1.96. The molecule has 0 N–H and O–H groups in total. The van der Waals surface area contributed by atoms with Crippen molar-refractivity contribution in [2.45, 2.75) is 13.0 Å². The molecule has 21 heavy (non-hydrogen) atoms. The zero-order chi connectivity index (χ0) is 15.1. The average molecular weight is 280 g/mol. The van der Waals surface area contributed by atoms with Crippen LogP contribution in [0.5, 0.6) is 5.75 Å². The van der Waals surface area contributed by atoms with E-state index in [0.29, 0.717) is 5.69 Å². The molecule has 0 aliphatic heterocycles. The largest absolute Gasteiger partial charge is 0.497 e. The Morgan fingerprint density at radius 3 is 2.52 bits per heavy atom. The van der Waals surface area contributed by atoms with Gasteiger partial charge in [-0.1, -0.05) is 29.4 Å². The molecule has 0 amide bonds. The maximum atomic E-state index is 8.59. The molecule has 0 bridgehead atoms. The monoisotopic (exact) mass is 280 g/mol. The molecule has 0 saturated heterocycles. The third-order valence-electron chi connectivity index (χ3n) is 3.10. The number of azide groups is 1. The van der Waals surface area contributed by atoms with Crippen LogP contribution in [0.15, 0.2) is 58.6 Å². The van der Waals surface area contributed by atoms with Gasteiger partial charge in [-0.3, -0.25) is 4.99 Å². The molecule has 0 spiro atoms. The fraction of sp³-hybridized carbons (Fsp3) is 0.188.